The molecule has 1 aromatic rings. The van der Waals surface area contributed by atoms with Crippen molar-refractivity contribution in [1.82, 2.24) is 24.8 Å². The molecule has 3 aliphatic heterocycles. The summed E-state index contributed by atoms with van der Waals surface area (Å²) in [6.07, 6.45) is -3.66. The molecule has 1 aromatic carbocycles. The standard InChI is InChI=1S/C52H94N6O14S/c1-16-42-52(10,64)46(60)35(6)58(14)29-31(2)26-50(8,63)48(33(4)45(34(5)49(62)70-42)71-44-27-51(9,67-15)47(61)36(7)69-44)72-43-25-40(23-32(3)68-43)57(13)22-21-38(55-53)28-54-39(30-59)24-37-17-19-41(20-18-37)73(65,66)56(11)12/h17-20,28,31-36,39-40,42-48,54-55,59-61,63-64H,16,21-27,29-30,53H2,1-15H3/b38-28-/t31-,32-,33+,34-,35-,36+,39+,40+,42-,43+,44+,45?,46-,47+,48-,50-,51-,52-/m1/s1. The van der Waals surface area contributed by atoms with Crippen LogP contribution in [0.4, 0.5) is 0 Å². The van der Waals surface area contributed by atoms with Gasteiger partial charge in [-0.25, -0.2) is 12.7 Å². The second-order valence-electron chi connectivity index (χ2n) is 22.3. The highest BCUT2D eigenvalue weighted by Crippen LogP contribution is 2.40. The van der Waals surface area contributed by atoms with Crippen LogP contribution < -0.4 is 16.6 Å². The third-order valence-corrected chi connectivity index (χ3v) is 17.7. The van der Waals surface area contributed by atoms with E-state index >= 15 is 0 Å². The van der Waals surface area contributed by atoms with Gasteiger partial charge in [0.25, 0.3) is 0 Å². The topological polar surface area (TPSA) is 268 Å². The minimum absolute atomic E-state index is 0.0248. The van der Waals surface area contributed by atoms with Crippen LogP contribution in [0.15, 0.2) is 41.1 Å². The molecule has 21 heteroatoms. The Morgan fingerprint density at radius 2 is 1.62 bits per heavy atom. The summed E-state index contributed by atoms with van der Waals surface area (Å²) in [6.45, 7) is 18.7. The van der Waals surface area contributed by atoms with Crippen LogP contribution in [0.2, 0.25) is 0 Å². The average molecular weight is 1060 g/mol. The summed E-state index contributed by atoms with van der Waals surface area (Å²) in [5, 5.41) is 60.9. The van der Waals surface area contributed by atoms with E-state index in [-0.39, 0.29) is 54.9 Å². The average Bonchev–Trinajstić information content (AvgIpc) is 3.33. The van der Waals surface area contributed by atoms with Gasteiger partial charge < -0.3 is 74.5 Å². The van der Waals surface area contributed by atoms with E-state index in [1.165, 1.54) is 28.1 Å². The van der Waals surface area contributed by atoms with Gasteiger partial charge in [-0.1, -0.05) is 32.9 Å². The minimum Gasteiger partial charge on any atom is -0.459 e. The normalized spacial score (nSPS) is 38.6. The molecule has 4 rings (SSSR count). The zero-order valence-electron chi connectivity index (χ0n) is 46.4. The maximum Gasteiger partial charge on any atom is 0.311 e. The molecule has 9 N–H and O–H groups in total. The predicted octanol–water partition coefficient (Wildman–Crippen LogP) is 2.44. The lowest BCUT2D eigenvalue weighted by Gasteiger charge is -2.48. The van der Waals surface area contributed by atoms with E-state index in [1.54, 1.807) is 65.1 Å². The second-order valence-corrected chi connectivity index (χ2v) is 24.5. The summed E-state index contributed by atoms with van der Waals surface area (Å²) in [5.41, 5.74) is -0.101. The largest absolute Gasteiger partial charge is 0.459 e. The zero-order valence-corrected chi connectivity index (χ0v) is 47.2. The van der Waals surface area contributed by atoms with E-state index in [1.807, 2.05) is 46.7 Å². The molecule has 422 valence electrons. The number of ether oxygens (including phenoxy) is 6. The van der Waals surface area contributed by atoms with Gasteiger partial charge in [0.15, 0.2) is 12.6 Å². The van der Waals surface area contributed by atoms with E-state index in [2.05, 4.69) is 15.6 Å². The molecular formula is C52H94N6O14S. The molecule has 0 amide bonds. The molecule has 0 spiro atoms. The number of aliphatic hydroxyl groups is 5. The molecule has 0 aliphatic carbocycles. The van der Waals surface area contributed by atoms with E-state index in [4.69, 9.17) is 34.3 Å². The quantitative estimate of drug-likeness (QED) is 0.0596. The number of benzene rings is 1. The zero-order chi connectivity index (χ0) is 55.0. The lowest BCUT2D eigenvalue weighted by molar-refractivity contribution is -0.308. The number of nitrogens with two attached hydrogens (primary N) is 1. The summed E-state index contributed by atoms with van der Waals surface area (Å²) >= 11 is 0. The van der Waals surface area contributed by atoms with Crippen LogP contribution in [-0.2, 0) is 49.7 Å². The first-order valence-electron chi connectivity index (χ1n) is 26.1. The molecule has 20 nitrogen and oxygen atoms in total. The molecule has 1 unspecified atom stereocenters. The number of likely N-dealkylation sites (N-methyl/N-ethyl adjacent to an activating group) is 1. The van der Waals surface area contributed by atoms with Gasteiger partial charge in [-0.2, -0.15) is 0 Å². The van der Waals surface area contributed by atoms with Gasteiger partial charge in [0.05, 0.1) is 59.1 Å². The monoisotopic (exact) mass is 1060 g/mol. The molecule has 0 aromatic heterocycles. The third kappa shape index (κ3) is 16.0. The predicted molar refractivity (Wildman–Crippen MR) is 277 cm³/mol. The van der Waals surface area contributed by atoms with Crippen molar-refractivity contribution in [2.75, 3.05) is 55.0 Å². The fourth-order valence-electron chi connectivity index (χ4n) is 11.0. The van der Waals surface area contributed by atoms with Crippen molar-refractivity contribution in [1.29, 1.82) is 0 Å². The molecule has 0 bridgehead atoms. The van der Waals surface area contributed by atoms with E-state index in [0.717, 1.165) is 9.87 Å². The Bertz CT molecular complexity index is 2020. The van der Waals surface area contributed by atoms with Crippen molar-refractivity contribution in [3.05, 3.63) is 41.7 Å². The highest BCUT2D eigenvalue weighted by atomic mass is 32.2. The SMILES string of the molecule is CC[C@H]1OC(=O)[C@H](C)C(O[C@H]2C[C@@](C)(OC)[C@@H](O)[C@H](C)O2)[C@H](C)[C@@H](O[C@H]2C[C@@H](N(C)CC/C(=C/N[C@H](CO)Cc3ccc(S(=O)(=O)N(C)C)cc3)NN)C[C@@H](C)O2)[C@](C)(O)C[C@@H](C)CN(C)[C@H](C)[C@@H](O)[C@]1(C)O. The van der Waals surface area contributed by atoms with Gasteiger partial charge in [0, 0.05) is 83.5 Å². The number of hydrogen-bond donors (Lipinski definition) is 8. The van der Waals surface area contributed by atoms with Crippen molar-refractivity contribution >= 4 is 16.0 Å². The first-order chi connectivity index (χ1) is 33.9. The van der Waals surface area contributed by atoms with Gasteiger partial charge in [0.2, 0.25) is 10.0 Å². The number of carbonyl (C=O) groups is 1. The highest BCUT2D eigenvalue weighted by molar-refractivity contribution is 7.89. The summed E-state index contributed by atoms with van der Waals surface area (Å²) in [5.74, 6) is 3.41. The molecular weight excluding hydrogens is 965 g/mol. The number of sulfonamides is 1. The number of nitrogens with one attached hydrogen (secondary N) is 2. The fourth-order valence-corrected chi connectivity index (χ4v) is 11.9. The van der Waals surface area contributed by atoms with Crippen molar-refractivity contribution < 1.29 is 67.2 Å². The number of aliphatic hydroxyl groups excluding tert-OH is 3. The summed E-state index contributed by atoms with van der Waals surface area (Å²) in [6, 6.07) is 5.63. The number of methoxy groups -OCH3 is 1. The molecule has 0 radical (unpaired) electrons. The van der Waals surface area contributed by atoms with Crippen LogP contribution >= 0.6 is 0 Å². The lowest BCUT2D eigenvalue weighted by Crippen LogP contribution is -2.59. The smallest absolute Gasteiger partial charge is 0.311 e. The van der Waals surface area contributed by atoms with Crippen molar-refractivity contribution in [2.45, 2.75) is 209 Å². The van der Waals surface area contributed by atoms with Crippen LogP contribution in [0.25, 0.3) is 0 Å². The molecule has 3 heterocycles. The lowest BCUT2D eigenvalue weighted by atomic mass is 9.77. The second kappa shape index (κ2) is 26.7. The summed E-state index contributed by atoms with van der Waals surface area (Å²) < 4.78 is 64.8. The number of rotatable bonds is 18. The van der Waals surface area contributed by atoms with Crippen molar-refractivity contribution in [2.24, 2.45) is 23.6 Å². The minimum atomic E-state index is -3.57. The first-order valence-corrected chi connectivity index (χ1v) is 27.5. The van der Waals surface area contributed by atoms with E-state index in [9.17, 15) is 38.7 Å². The van der Waals surface area contributed by atoms with Gasteiger partial charge in [-0.15, -0.1) is 0 Å². The number of hydrogen-bond acceptors (Lipinski definition) is 19. The number of nitrogens with zero attached hydrogens (tertiary/aromatic N) is 3. The van der Waals surface area contributed by atoms with Gasteiger partial charge in [-0.3, -0.25) is 10.6 Å². The third-order valence-electron chi connectivity index (χ3n) is 15.8. The van der Waals surface area contributed by atoms with Crippen molar-refractivity contribution in [3.63, 3.8) is 0 Å². The van der Waals surface area contributed by atoms with Crippen LogP contribution in [0.5, 0.6) is 0 Å². The van der Waals surface area contributed by atoms with Crippen LogP contribution in [-0.4, -0.2) is 199 Å². The van der Waals surface area contributed by atoms with Gasteiger partial charge >= 0.3 is 5.97 Å². The highest BCUT2D eigenvalue weighted by Gasteiger charge is 2.52. The van der Waals surface area contributed by atoms with E-state index < -0.39 is 99.9 Å². The van der Waals surface area contributed by atoms with Gasteiger partial charge in [-0.05, 0) is 112 Å². The maximum absolute atomic E-state index is 14.5. The van der Waals surface area contributed by atoms with Crippen LogP contribution in [0.1, 0.15) is 113 Å². The number of esters is 1. The summed E-state index contributed by atoms with van der Waals surface area (Å²) in [4.78, 5) is 18.8. The Labute approximate surface area is 436 Å². The Hall–Kier alpha value is -2.58. The maximum atomic E-state index is 14.5. The summed E-state index contributed by atoms with van der Waals surface area (Å²) in [7, 11) is 4.78. The Kier molecular flexibility index (Phi) is 23.0. The molecule has 3 aliphatic rings. The first kappa shape index (κ1) is 63.0. The Morgan fingerprint density at radius 1 is 0.973 bits per heavy atom. The number of cyclic esters (lactones) is 1. The number of hydrazine groups is 1. The molecule has 3 fully saturated rings. The fraction of sp³-hybridized carbons (Fsp3) is 0.827. The molecule has 73 heavy (non-hydrogen) atoms. The van der Waals surface area contributed by atoms with E-state index in [0.29, 0.717) is 44.5 Å². The Morgan fingerprint density at radius 3 is 2.19 bits per heavy atom. The van der Waals surface area contributed by atoms with Gasteiger partial charge in [0.1, 0.15) is 23.9 Å². The van der Waals surface area contributed by atoms with Crippen molar-refractivity contribution in [3.8, 4) is 0 Å². The molecule has 3 saturated heterocycles. The van der Waals surface area contributed by atoms with Crippen LogP contribution in [0.3, 0.4) is 0 Å². The Balaban J connectivity index is 1.61. The molecule has 0 saturated carbocycles. The number of carbonyl (C=O) groups excluding carboxylic acids is 1. The van der Waals surface area contributed by atoms with Crippen LogP contribution in [0, 0.1) is 17.8 Å². The molecule has 18 atom stereocenters.